The van der Waals surface area contributed by atoms with Gasteiger partial charge in [0.25, 0.3) is 11.8 Å². The zero-order chi connectivity index (χ0) is 39.8. The topological polar surface area (TPSA) is 180 Å². The lowest BCUT2D eigenvalue weighted by molar-refractivity contribution is -0.136. The monoisotopic (exact) mass is 796 g/mol. The summed E-state index contributed by atoms with van der Waals surface area (Å²) in [4.78, 5) is 93.9. The van der Waals surface area contributed by atoms with Crippen LogP contribution in [-0.4, -0.2) is 126 Å². The number of hydrogen-bond acceptors (Lipinski definition) is 12. The fourth-order valence-electron chi connectivity index (χ4n) is 8.42. The Labute approximate surface area is 334 Å². The van der Waals surface area contributed by atoms with Crippen LogP contribution in [0.25, 0.3) is 0 Å². The maximum atomic E-state index is 13.3. The van der Waals surface area contributed by atoms with Crippen LogP contribution in [0, 0.1) is 5.92 Å². The highest BCUT2D eigenvalue weighted by molar-refractivity contribution is 6.33. The van der Waals surface area contributed by atoms with Gasteiger partial charge in [0.15, 0.2) is 5.82 Å². The van der Waals surface area contributed by atoms with Gasteiger partial charge in [0.2, 0.25) is 29.6 Å². The average molecular weight is 797 g/mol. The van der Waals surface area contributed by atoms with Crippen molar-refractivity contribution in [1.29, 1.82) is 0 Å². The minimum Gasteiger partial charge on any atom is -0.371 e. The number of anilines is 4. The van der Waals surface area contributed by atoms with E-state index in [9.17, 15) is 28.8 Å². The second kappa shape index (κ2) is 16.1. The molecule has 2 aromatic carbocycles. The number of imide groups is 2. The molecule has 0 spiro atoms. The number of nitrogens with zero attached hydrogens (tertiary/aromatic N) is 7. The molecule has 0 saturated carbocycles. The summed E-state index contributed by atoms with van der Waals surface area (Å²) in [6, 6.07) is 10.2. The Bertz CT molecular complexity index is 2130. The lowest BCUT2D eigenvalue weighted by atomic mass is 9.95. The number of fused-ring (bicyclic) bond motifs is 2. The van der Waals surface area contributed by atoms with Crippen LogP contribution in [0.2, 0.25) is 5.02 Å². The summed E-state index contributed by atoms with van der Waals surface area (Å²) in [5, 5.41) is 8.59. The molecule has 3 aromatic rings. The Kier molecular flexibility index (Phi) is 10.8. The van der Waals surface area contributed by atoms with E-state index in [2.05, 4.69) is 35.6 Å². The molecule has 8 rings (SSSR count). The first-order valence-corrected chi connectivity index (χ1v) is 19.9. The van der Waals surface area contributed by atoms with Crippen molar-refractivity contribution in [2.24, 2.45) is 5.92 Å². The standard InChI is InChI=1S/C40H45ClN10O6/c1-42-33(52)10-13-50-23-26-18-27(3-2-25(26)19-35(50)54)44-36-31(41)21-43-40(46-36)49-16-14-47(15-17-49)22-24-8-11-48(12-9-24)28-4-5-29-30(20-28)39(57)51(38(29)56)32-6-7-34(53)45-37(32)55/h2-5,18,20-21,24,32H,6-17,19,22-23H2,1H3,(H,42,52)(H,43,44,46)(H,45,53,55). The summed E-state index contributed by atoms with van der Waals surface area (Å²) >= 11 is 6.56. The van der Waals surface area contributed by atoms with Crippen LogP contribution in [0.5, 0.6) is 0 Å². The Morgan fingerprint density at radius 3 is 2.42 bits per heavy atom. The van der Waals surface area contributed by atoms with E-state index in [-0.39, 0.29) is 36.6 Å². The number of carbonyl (C=O) groups is 6. The number of nitrogens with one attached hydrogen (secondary N) is 3. The van der Waals surface area contributed by atoms with Gasteiger partial charge in [0, 0.05) is 90.2 Å². The molecule has 5 aliphatic heterocycles. The largest absolute Gasteiger partial charge is 0.371 e. The van der Waals surface area contributed by atoms with E-state index in [0.717, 1.165) is 86.1 Å². The first kappa shape index (κ1) is 38.3. The van der Waals surface area contributed by atoms with E-state index >= 15 is 0 Å². The quantitative estimate of drug-likeness (QED) is 0.256. The van der Waals surface area contributed by atoms with Crippen molar-refractivity contribution in [3.05, 3.63) is 69.9 Å². The summed E-state index contributed by atoms with van der Waals surface area (Å²) in [6.45, 7) is 6.74. The van der Waals surface area contributed by atoms with E-state index in [1.54, 1.807) is 30.3 Å². The number of amides is 6. The van der Waals surface area contributed by atoms with E-state index in [4.69, 9.17) is 16.6 Å². The Morgan fingerprint density at radius 1 is 0.895 bits per heavy atom. The molecule has 57 heavy (non-hydrogen) atoms. The molecule has 0 bridgehead atoms. The van der Waals surface area contributed by atoms with Crippen LogP contribution < -0.4 is 25.8 Å². The molecule has 0 aliphatic carbocycles. The van der Waals surface area contributed by atoms with E-state index in [1.807, 2.05) is 24.3 Å². The number of rotatable bonds is 10. The molecule has 1 aromatic heterocycles. The van der Waals surface area contributed by atoms with Crippen molar-refractivity contribution < 1.29 is 28.8 Å². The molecule has 1 unspecified atom stereocenters. The maximum Gasteiger partial charge on any atom is 0.262 e. The van der Waals surface area contributed by atoms with Gasteiger partial charge in [-0.15, -0.1) is 0 Å². The third kappa shape index (κ3) is 8.01. The van der Waals surface area contributed by atoms with E-state index in [1.165, 1.54) is 0 Å². The minimum atomic E-state index is -0.979. The molecule has 6 heterocycles. The van der Waals surface area contributed by atoms with Crippen LogP contribution in [0.3, 0.4) is 0 Å². The highest BCUT2D eigenvalue weighted by Gasteiger charge is 2.45. The Hall–Kier alpha value is -5.61. The first-order valence-electron chi connectivity index (χ1n) is 19.5. The zero-order valence-corrected chi connectivity index (χ0v) is 32.5. The van der Waals surface area contributed by atoms with Gasteiger partial charge in [-0.1, -0.05) is 17.7 Å². The summed E-state index contributed by atoms with van der Waals surface area (Å²) in [7, 11) is 1.59. The molecule has 3 saturated heterocycles. The van der Waals surface area contributed by atoms with Gasteiger partial charge in [-0.2, -0.15) is 4.98 Å². The number of halogens is 1. The predicted octanol–water partition coefficient (Wildman–Crippen LogP) is 2.33. The summed E-state index contributed by atoms with van der Waals surface area (Å²) in [5.41, 5.74) is 4.26. The fraction of sp³-hybridized carbons (Fsp3) is 0.450. The van der Waals surface area contributed by atoms with Gasteiger partial charge in [-0.3, -0.25) is 43.9 Å². The van der Waals surface area contributed by atoms with Crippen molar-refractivity contribution in [3.63, 3.8) is 0 Å². The number of piperazine rings is 1. The highest BCUT2D eigenvalue weighted by atomic mass is 35.5. The number of aromatic nitrogens is 2. The van der Waals surface area contributed by atoms with Crippen LogP contribution in [0.4, 0.5) is 23.1 Å². The number of piperidine rings is 2. The molecule has 3 fully saturated rings. The van der Waals surface area contributed by atoms with Gasteiger partial charge in [0.1, 0.15) is 11.1 Å². The normalized spacial score (nSPS) is 20.5. The SMILES string of the molecule is CNC(=O)CCN1Cc2cc(Nc3nc(N4CCN(CC5CCN(c6ccc7c(c6)C(=O)N(C6CCC(=O)NC6=O)C7=O)CC5)CC4)ncc3Cl)ccc2CC1=O. The third-order valence-electron chi connectivity index (χ3n) is 11.7. The summed E-state index contributed by atoms with van der Waals surface area (Å²) in [6.07, 6.45) is 4.38. The molecule has 3 N–H and O–H groups in total. The van der Waals surface area contributed by atoms with Crippen LogP contribution >= 0.6 is 11.6 Å². The Morgan fingerprint density at radius 2 is 1.67 bits per heavy atom. The van der Waals surface area contributed by atoms with E-state index < -0.39 is 29.7 Å². The lowest BCUT2D eigenvalue weighted by Gasteiger charge is -2.39. The molecular weight excluding hydrogens is 752 g/mol. The van der Waals surface area contributed by atoms with E-state index in [0.29, 0.717) is 47.8 Å². The second-order valence-electron chi connectivity index (χ2n) is 15.3. The summed E-state index contributed by atoms with van der Waals surface area (Å²) in [5.74, 6) is -0.454. The van der Waals surface area contributed by atoms with Crippen LogP contribution in [-0.2, 0) is 32.1 Å². The summed E-state index contributed by atoms with van der Waals surface area (Å²) < 4.78 is 0. The molecule has 6 amide bonds. The second-order valence-corrected chi connectivity index (χ2v) is 15.7. The van der Waals surface area contributed by atoms with Crippen molar-refractivity contribution in [1.82, 2.24) is 35.3 Å². The number of benzene rings is 2. The molecule has 298 valence electrons. The average Bonchev–Trinajstić information content (AvgIpc) is 3.46. The van der Waals surface area contributed by atoms with Gasteiger partial charge in [0.05, 0.1) is 23.7 Å². The Balaban J connectivity index is 0.820. The van der Waals surface area contributed by atoms with Gasteiger partial charge in [-0.25, -0.2) is 4.98 Å². The lowest BCUT2D eigenvalue weighted by Crippen LogP contribution is -2.54. The van der Waals surface area contributed by atoms with Crippen molar-refractivity contribution in [2.45, 2.75) is 51.1 Å². The van der Waals surface area contributed by atoms with Crippen molar-refractivity contribution in [3.8, 4) is 0 Å². The smallest absolute Gasteiger partial charge is 0.262 e. The fourth-order valence-corrected chi connectivity index (χ4v) is 8.55. The predicted molar refractivity (Wildman–Crippen MR) is 211 cm³/mol. The molecule has 17 heteroatoms. The number of hydrogen-bond donors (Lipinski definition) is 3. The highest BCUT2D eigenvalue weighted by Crippen LogP contribution is 2.33. The molecule has 0 radical (unpaired) electrons. The number of carbonyl (C=O) groups excluding carboxylic acids is 6. The van der Waals surface area contributed by atoms with Crippen molar-refractivity contribution >= 4 is 70.2 Å². The molecule has 5 aliphatic rings. The molecule has 16 nitrogen and oxygen atoms in total. The third-order valence-corrected chi connectivity index (χ3v) is 12.0. The van der Waals surface area contributed by atoms with Crippen LogP contribution in [0.15, 0.2) is 42.6 Å². The van der Waals surface area contributed by atoms with Gasteiger partial charge in [-0.05, 0) is 66.6 Å². The van der Waals surface area contributed by atoms with Crippen molar-refractivity contribution in [2.75, 3.05) is 74.5 Å². The first-order chi connectivity index (χ1) is 27.5. The van der Waals surface area contributed by atoms with Crippen LogP contribution in [0.1, 0.15) is 63.9 Å². The van der Waals surface area contributed by atoms with Gasteiger partial charge < -0.3 is 25.3 Å². The zero-order valence-electron chi connectivity index (χ0n) is 31.8. The maximum absolute atomic E-state index is 13.3. The van der Waals surface area contributed by atoms with Gasteiger partial charge >= 0.3 is 0 Å². The molecule has 1 atom stereocenters. The minimum absolute atomic E-state index is 0.0100. The molecular formula is C40H45ClN10O6.